The summed E-state index contributed by atoms with van der Waals surface area (Å²) < 4.78 is 0. The fourth-order valence-electron chi connectivity index (χ4n) is 4.51. The van der Waals surface area contributed by atoms with E-state index in [2.05, 4.69) is 15.3 Å². The number of aromatic nitrogens is 2. The highest BCUT2D eigenvalue weighted by molar-refractivity contribution is 6.12. The number of H-pyrrole nitrogens is 1. The molecule has 0 saturated carbocycles. The van der Waals surface area contributed by atoms with Gasteiger partial charge in [0, 0.05) is 33.8 Å². The van der Waals surface area contributed by atoms with Gasteiger partial charge in [0.25, 0.3) is 5.91 Å². The van der Waals surface area contributed by atoms with Gasteiger partial charge in [0.1, 0.15) is 0 Å². The molecule has 0 radical (unpaired) electrons. The van der Waals surface area contributed by atoms with Gasteiger partial charge in [-0.2, -0.15) is 0 Å². The highest BCUT2D eigenvalue weighted by Gasteiger charge is 2.50. The van der Waals surface area contributed by atoms with Crippen LogP contribution in [0.2, 0.25) is 0 Å². The molecule has 6 rings (SSSR count). The number of aromatic amines is 1. The van der Waals surface area contributed by atoms with Crippen molar-refractivity contribution in [2.75, 3.05) is 10.2 Å². The molecule has 0 fully saturated rings. The SMILES string of the molecule is O=C1c2ccccc2C(O)(c2ccc3nc[nH]c3c2)N1c1cccc(Nc2ccccc2)c1. The van der Waals surface area contributed by atoms with Crippen molar-refractivity contribution in [1.29, 1.82) is 0 Å². The molecule has 3 N–H and O–H groups in total. The number of anilines is 3. The van der Waals surface area contributed by atoms with Gasteiger partial charge >= 0.3 is 0 Å². The lowest BCUT2D eigenvalue weighted by Crippen LogP contribution is -2.45. The molecule has 1 unspecified atom stereocenters. The number of carbonyl (C=O) groups is 1. The number of fused-ring (bicyclic) bond motifs is 2. The summed E-state index contributed by atoms with van der Waals surface area (Å²) in [5.41, 5.74) is 3.86. The van der Waals surface area contributed by atoms with Crippen LogP contribution in [0, 0.1) is 0 Å². The van der Waals surface area contributed by atoms with Crippen molar-refractivity contribution in [2.45, 2.75) is 5.72 Å². The third-order valence-corrected chi connectivity index (χ3v) is 6.05. The zero-order valence-corrected chi connectivity index (χ0v) is 17.6. The average molecular weight is 432 g/mol. The van der Waals surface area contributed by atoms with Crippen molar-refractivity contribution in [3.63, 3.8) is 0 Å². The second-order valence-electron chi connectivity index (χ2n) is 8.03. The van der Waals surface area contributed by atoms with Crippen molar-refractivity contribution in [3.8, 4) is 0 Å². The second kappa shape index (κ2) is 7.32. The number of para-hydroxylation sites is 1. The fraction of sp³-hybridized carbons (Fsp3) is 0.0370. The van der Waals surface area contributed by atoms with Gasteiger partial charge in [-0.3, -0.25) is 9.69 Å². The highest BCUT2D eigenvalue weighted by Crippen LogP contribution is 2.45. The molecule has 33 heavy (non-hydrogen) atoms. The minimum Gasteiger partial charge on any atom is -0.363 e. The smallest absolute Gasteiger partial charge is 0.261 e. The van der Waals surface area contributed by atoms with Gasteiger partial charge < -0.3 is 15.4 Å². The standard InChI is InChI=1S/C27H20N4O2/c32-26-22-11-4-5-12-23(22)27(33,18-13-14-24-25(15-18)29-17-28-24)31(26)21-10-6-9-20(16-21)30-19-7-2-1-3-8-19/h1-17,30,33H,(H,28,29). The van der Waals surface area contributed by atoms with Crippen LogP contribution in [0.15, 0.2) is 103 Å². The van der Waals surface area contributed by atoms with E-state index in [0.29, 0.717) is 22.4 Å². The zero-order valence-electron chi connectivity index (χ0n) is 17.6. The minimum absolute atomic E-state index is 0.255. The van der Waals surface area contributed by atoms with Crippen LogP contribution in [0.25, 0.3) is 11.0 Å². The number of hydrogen-bond acceptors (Lipinski definition) is 4. The Labute approximate surface area is 190 Å². The van der Waals surface area contributed by atoms with Crippen LogP contribution in [0.3, 0.4) is 0 Å². The normalized spacial score (nSPS) is 17.4. The average Bonchev–Trinajstić information content (AvgIpc) is 3.41. The van der Waals surface area contributed by atoms with Crippen molar-refractivity contribution >= 4 is 34.0 Å². The maximum atomic E-state index is 13.6. The minimum atomic E-state index is -1.67. The monoisotopic (exact) mass is 432 g/mol. The molecule has 1 aromatic heterocycles. The predicted octanol–water partition coefficient (Wildman–Crippen LogP) is 5.16. The molecule has 0 saturated heterocycles. The summed E-state index contributed by atoms with van der Waals surface area (Å²) in [5, 5.41) is 15.6. The number of aliphatic hydroxyl groups is 1. The van der Waals surface area contributed by atoms with Crippen molar-refractivity contribution in [1.82, 2.24) is 9.97 Å². The Morgan fingerprint density at radius 2 is 1.64 bits per heavy atom. The molecule has 2 heterocycles. The van der Waals surface area contributed by atoms with E-state index in [-0.39, 0.29) is 5.91 Å². The molecule has 6 heteroatoms. The van der Waals surface area contributed by atoms with Gasteiger partial charge in [0.05, 0.1) is 17.4 Å². The molecule has 4 aromatic carbocycles. The first-order chi connectivity index (χ1) is 16.1. The first-order valence-corrected chi connectivity index (χ1v) is 10.7. The number of imidazole rings is 1. The van der Waals surface area contributed by atoms with E-state index in [9.17, 15) is 9.90 Å². The van der Waals surface area contributed by atoms with Crippen LogP contribution in [-0.2, 0) is 5.72 Å². The van der Waals surface area contributed by atoms with Crippen molar-refractivity contribution in [2.24, 2.45) is 0 Å². The number of benzene rings is 4. The zero-order chi connectivity index (χ0) is 22.4. The first-order valence-electron chi connectivity index (χ1n) is 10.7. The molecular weight excluding hydrogens is 412 g/mol. The lowest BCUT2D eigenvalue weighted by molar-refractivity contribution is 0.0704. The quantitative estimate of drug-likeness (QED) is 0.366. The van der Waals surface area contributed by atoms with Crippen LogP contribution >= 0.6 is 0 Å². The van der Waals surface area contributed by atoms with E-state index < -0.39 is 5.72 Å². The maximum absolute atomic E-state index is 13.6. The summed E-state index contributed by atoms with van der Waals surface area (Å²) in [7, 11) is 0. The summed E-state index contributed by atoms with van der Waals surface area (Å²) in [6, 6.07) is 30.0. The summed E-state index contributed by atoms with van der Waals surface area (Å²) in [6.45, 7) is 0. The van der Waals surface area contributed by atoms with E-state index in [1.165, 1.54) is 4.90 Å². The summed E-state index contributed by atoms with van der Waals surface area (Å²) in [5.74, 6) is -0.255. The molecule has 0 spiro atoms. The number of hydrogen-bond donors (Lipinski definition) is 3. The summed E-state index contributed by atoms with van der Waals surface area (Å²) in [6.07, 6.45) is 1.61. The molecule has 6 nitrogen and oxygen atoms in total. The van der Waals surface area contributed by atoms with Gasteiger partial charge in [-0.15, -0.1) is 0 Å². The van der Waals surface area contributed by atoms with Crippen molar-refractivity contribution in [3.05, 3.63) is 120 Å². The summed E-state index contributed by atoms with van der Waals surface area (Å²) >= 11 is 0. The summed E-state index contributed by atoms with van der Waals surface area (Å²) in [4.78, 5) is 22.4. The number of rotatable bonds is 4. The molecule has 1 aliphatic rings. The Hall–Kier alpha value is -4.42. The fourth-order valence-corrected chi connectivity index (χ4v) is 4.51. The molecule has 0 aliphatic carbocycles. The molecular formula is C27H20N4O2. The number of nitrogens with zero attached hydrogens (tertiary/aromatic N) is 2. The lowest BCUT2D eigenvalue weighted by atomic mass is 9.93. The van der Waals surface area contributed by atoms with E-state index >= 15 is 0 Å². The molecule has 1 atom stereocenters. The third kappa shape index (κ3) is 3.00. The van der Waals surface area contributed by atoms with E-state index in [0.717, 1.165) is 22.4 Å². The second-order valence-corrected chi connectivity index (χ2v) is 8.03. The largest absolute Gasteiger partial charge is 0.363 e. The van der Waals surface area contributed by atoms with E-state index in [1.807, 2.05) is 84.9 Å². The predicted molar refractivity (Wildman–Crippen MR) is 129 cm³/mol. The number of carbonyl (C=O) groups excluding carboxylic acids is 1. The van der Waals surface area contributed by atoms with E-state index in [1.54, 1.807) is 18.5 Å². The first kappa shape index (κ1) is 19.3. The molecule has 1 aliphatic heterocycles. The Morgan fingerprint density at radius 3 is 2.52 bits per heavy atom. The molecule has 1 amide bonds. The van der Waals surface area contributed by atoms with Crippen molar-refractivity contribution < 1.29 is 9.90 Å². The Kier molecular flexibility index (Phi) is 4.28. The molecule has 5 aromatic rings. The Bertz CT molecular complexity index is 1490. The van der Waals surface area contributed by atoms with Crippen LogP contribution in [0.1, 0.15) is 21.5 Å². The van der Waals surface area contributed by atoms with Gasteiger partial charge in [-0.05, 0) is 48.5 Å². The van der Waals surface area contributed by atoms with Gasteiger partial charge in [0.2, 0.25) is 0 Å². The third-order valence-electron chi connectivity index (χ3n) is 6.05. The highest BCUT2D eigenvalue weighted by atomic mass is 16.3. The Morgan fingerprint density at radius 1 is 0.848 bits per heavy atom. The van der Waals surface area contributed by atoms with Crippen LogP contribution < -0.4 is 10.2 Å². The maximum Gasteiger partial charge on any atom is 0.261 e. The Balaban J connectivity index is 1.50. The van der Waals surface area contributed by atoms with Crippen LogP contribution in [-0.4, -0.2) is 21.0 Å². The van der Waals surface area contributed by atoms with E-state index in [4.69, 9.17) is 0 Å². The molecule has 0 bridgehead atoms. The van der Waals surface area contributed by atoms with Crippen LogP contribution in [0.4, 0.5) is 17.1 Å². The van der Waals surface area contributed by atoms with Gasteiger partial charge in [0.15, 0.2) is 5.72 Å². The lowest BCUT2D eigenvalue weighted by Gasteiger charge is -2.35. The van der Waals surface area contributed by atoms with Gasteiger partial charge in [-0.1, -0.05) is 48.5 Å². The number of nitrogens with one attached hydrogen (secondary N) is 2. The van der Waals surface area contributed by atoms with Crippen LogP contribution in [0.5, 0.6) is 0 Å². The number of amides is 1. The topological polar surface area (TPSA) is 81.2 Å². The van der Waals surface area contributed by atoms with Gasteiger partial charge in [-0.25, -0.2) is 4.98 Å². The molecule has 160 valence electrons.